The Bertz CT molecular complexity index is 711. The molecule has 1 saturated heterocycles. The van der Waals surface area contributed by atoms with E-state index in [9.17, 15) is 4.79 Å². The van der Waals surface area contributed by atoms with Crippen LogP contribution in [0.25, 0.3) is 0 Å². The number of nitrogens with zero attached hydrogens (tertiary/aromatic N) is 1. The van der Waals surface area contributed by atoms with Crippen molar-refractivity contribution in [1.29, 1.82) is 0 Å². The molecule has 3 rings (SSSR count). The average molecular weight is 371 g/mol. The van der Waals surface area contributed by atoms with Gasteiger partial charge in [0.15, 0.2) is 0 Å². The summed E-state index contributed by atoms with van der Waals surface area (Å²) in [7, 11) is 0. The molecule has 0 saturated carbocycles. The molecule has 0 spiro atoms. The summed E-state index contributed by atoms with van der Waals surface area (Å²) in [5.41, 5.74) is 2.50. The van der Waals surface area contributed by atoms with Gasteiger partial charge < -0.3 is 5.32 Å². The van der Waals surface area contributed by atoms with Gasteiger partial charge in [-0.2, -0.15) is 0 Å². The zero-order valence-corrected chi connectivity index (χ0v) is 16.1. The summed E-state index contributed by atoms with van der Waals surface area (Å²) in [6, 6.07) is 18.4. The molecule has 0 unspecified atom stereocenters. The number of hydrogen-bond acceptors (Lipinski definition) is 2. The van der Waals surface area contributed by atoms with Crippen molar-refractivity contribution >= 4 is 17.5 Å². The molecule has 1 atom stereocenters. The van der Waals surface area contributed by atoms with Gasteiger partial charge in [-0.25, -0.2) is 0 Å². The average Bonchev–Trinajstić information content (AvgIpc) is 2.67. The molecule has 0 bridgehead atoms. The molecule has 0 aromatic heterocycles. The first-order chi connectivity index (χ1) is 12.6. The van der Waals surface area contributed by atoms with Crippen molar-refractivity contribution in [2.75, 3.05) is 19.6 Å². The Morgan fingerprint density at radius 2 is 1.88 bits per heavy atom. The molecule has 3 nitrogen and oxygen atoms in total. The topological polar surface area (TPSA) is 32.3 Å². The second-order valence-electron chi connectivity index (χ2n) is 7.24. The lowest BCUT2D eigenvalue weighted by Crippen LogP contribution is -2.41. The summed E-state index contributed by atoms with van der Waals surface area (Å²) in [5, 5.41) is 3.93. The smallest absolute Gasteiger partial charge is 0.223 e. The Morgan fingerprint density at radius 1 is 1.15 bits per heavy atom. The molecule has 138 valence electrons. The molecule has 0 aliphatic carbocycles. The molecule has 0 radical (unpaired) electrons. The number of likely N-dealkylation sites (tertiary alicyclic amines) is 1. The van der Waals surface area contributed by atoms with E-state index in [1.165, 1.54) is 11.1 Å². The van der Waals surface area contributed by atoms with Crippen LogP contribution in [0.4, 0.5) is 0 Å². The van der Waals surface area contributed by atoms with Gasteiger partial charge in [-0.3, -0.25) is 9.69 Å². The van der Waals surface area contributed by atoms with E-state index in [0.717, 1.165) is 37.5 Å². The Balaban J connectivity index is 1.42. The molecule has 2 aromatic carbocycles. The summed E-state index contributed by atoms with van der Waals surface area (Å²) in [5.74, 6) is 0.673. The number of halogens is 1. The van der Waals surface area contributed by atoms with E-state index < -0.39 is 0 Å². The number of piperidine rings is 1. The van der Waals surface area contributed by atoms with Crippen molar-refractivity contribution in [2.45, 2.75) is 32.2 Å². The van der Waals surface area contributed by atoms with Crippen LogP contribution in [0.15, 0.2) is 54.6 Å². The predicted octanol–water partition coefficient (Wildman–Crippen LogP) is 4.47. The fourth-order valence-electron chi connectivity index (χ4n) is 3.54. The Labute approximate surface area is 161 Å². The van der Waals surface area contributed by atoms with Gasteiger partial charge in [0.2, 0.25) is 5.91 Å². The minimum Gasteiger partial charge on any atom is -0.355 e. The fourth-order valence-corrected chi connectivity index (χ4v) is 3.76. The summed E-state index contributed by atoms with van der Waals surface area (Å²) < 4.78 is 0. The maximum absolute atomic E-state index is 12.5. The first-order valence-corrected chi connectivity index (χ1v) is 9.79. The normalized spacial score (nSPS) is 17.0. The number of benzene rings is 2. The highest BCUT2D eigenvalue weighted by Gasteiger charge is 2.25. The van der Waals surface area contributed by atoms with Gasteiger partial charge in [-0.15, -0.1) is 0 Å². The van der Waals surface area contributed by atoms with Gasteiger partial charge in [-0.05, 0) is 55.1 Å². The highest BCUT2D eigenvalue weighted by molar-refractivity contribution is 6.30. The maximum Gasteiger partial charge on any atom is 0.223 e. The van der Waals surface area contributed by atoms with E-state index in [2.05, 4.69) is 35.3 Å². The van der Waals surface area contributed by atoms with E-state index in [4.69, 9.17) is 11.6 Å². The minimum atomic E-state index is 0.133. The molecular formula is C22H27ClN2O. The van der Waals surface area contributed by atoms with Gasteiger partial charge in [0.05, 0.1) is 0 Å². The van der Waals surface area contributed by atoms with Crippen LogP contribution >= 0.6 is 11.6 Å². The van der Waals surface area contributed by atoms with Gasteiger partial charge in [-0.1, -0.05) is 61.0 Å². The number of hydrogen-bond donors (Lipinski definition) is 1. The van der Waals surface area contributed by atoms with Gasteiger partial charge in [0, 0.05) is 24.0 Å². The van der Waals surface area contributed by atoms with Crippen molar-refractivity contribution in [3.63, 3.8) is 0 Å². The second-order valence-corrected chi connectivity index (χ2v) is 7.67. The number of carbonyl (C=O) groups is 1. The molecule has 1 amide bonds. The lowest BCUT2D eigenvalue weighted by molar-refractivity contribution is -0.126. The second kappa shape index (κ2) is 9.20. The van der Waals surface area contributed by atoms with Gasteiger partial charge in [0.25, 0.3) is 0 Å². The minimum absolute atomic E-state index is 0.133. The third-order valence-electron chi connectivity index (χ3n) is 5.20. The maximum atomic E-state index is 12.5. The number of rotatable bonds is 6. The van der Waals surface area contributed by atoms with E-state index in [0.29, 0.717) is 12.5 Å². The van der Waals surface area contributed by atoms with Gasteiger partial charge in [0.1, 0.15) is 0 Å². The third-order valence-corrected chi connectivity index (χ3v) is 5.44. The SMILES string of the molecule is C[C@H](CNC(=O)C1CCN(Cc2cccc(Cl)c2)CC1)c1ccccc1. The van der Waals surface area contributed by atoms with E-state index in [-0.39, 0.29) is 11.8 Å². The Kier molecular flexibility index (Phi) is 6.70. The third kappa shape index (κ3) is 5.33. The van der Waals surface area contributed by atoms with Crippen molar-refractivity contribution in [3.05, 3.63) is 70.7 Å². The number of nitrogens with one attached hydrogen (secondary N) is 1. The van der Waals surface area contributed by atoms with Crippen LogP contribution in [0.3, 0.4) is 0 Å². The van der Waals surface area contributed by atoms with E-state index in [1.54, 1.807) is 0 Å². The van der Waals surface area contributed by atoms with Crippen LogP contribution in [0.2, 0.25) is 5.02 Å². The van der Waals surface area contributed by atoms with Crippen LogP contribution < -0.4 is 5.32 Å². The van der Waals surface area contributed by atoms with Crippen LogP contribution in [0, 0.1) is 5.92 Å². The van der Waals surface area contributed by atoms with Crippen LogP contribution in [0.5, 0.6) is 0 Å². The lowest BCUT2D eigenvalue weighted by Gasteiger charge is -2.31. The van der Waals surface area contributed by atoms with Crippen molar-refractivity contribution in [2.24, 2.45) is 5.92 Å². The molecule has 1 aliphatic heterocycles. The van der Waals surface area contributed by atoms with Crippen LogP contribution in [-0.2, 0) is 11.3 Å². The lowest BCUT2D eigenvalue weighted by atomic mass is 9.95. The Hall–Kier alpha value is -1.84. The van der Waals surface area contributed by atoms with Crippen molar-refractivity contribution in [3.8, 4) is 0 Å². The molecule has 26 heavy (non-hydrogen) atoms. The zero-order valence-electron chi connectivity index (χ0n) is 15.3. The predicted molar refractivity (Wildman–Crippen MR) is 107 cm³/mol. The highest BCUT2D eigenvalue weighted by Crippen LogP contribution is 2.21. The quantitative estimate of drug-likeness (QED) is 0.813. The molecule has 1 aliphatic rings. The Morgan fingerprint density at radius 3 is 2.58 bits per heavy atom. The molecule has 1 fully saturated rings. The number of amides is 1. The molecule has 4 heteroatoms. The molecule has 1 heterocycles. The zero-order chi connectivity index (χ0) is 18.4. The first kappa shape index (κ1) is 18.9. The van der Waals surface area contributed by atoms with E-state index >= 15 is 0 Å². The molecule has 1 N–H and O–H groups in total. The molecule has 2 aromatic rings. The van der Waals surface area contributed by atoms with Crippen molar-refractivity contribution in [1.82, 2.24) is 10.2 Å². The van der Waals surface area contributed by atoms with Crippen LogP contribution in [0.1, 0.15) is 36.8 Å². The van der Waals surface area contributed by atoms with Crippen molar-refractivity contribution < 1.29 is 4.79 Å². The largest absolute Gasteiger partial charge is 0.355 e. The summed E-state index contributed by atoms with van der Waals surface area (Å²) in [6.07, 6.45) is 1.85. The highest BCUT2D eigenvalue weighted by atomic mass is 35.5. The van der Waals surface area contributed by atoms with E-state index in [1.807, 2.05) is 36.4 Å². The summed E-state index contributed by atoms with van der Waals surface area (Å²) in [6.45, 7) is 5.67. The standard InChI is InChI=1S/C22H27ClN2O/c1-17(19-7-3-2-4-8-19)15-24-22(26)20-10-12-25(13-11-20)16-18-6-5-9-21(23)14-18/h2-9,14,17,20H,10-13,15-16H2,1H3,(H,24,26)/t17-/m1/s1. The monoisotopic (exact) mass is 370 g/mol. The first-order valence-electron chi connectivity index (χ1n) is 9.41. The van der Waals surface area contributed by atoms with Gasteiger partial charge >= 0.3 is 0 Å². The molecular weight excluding hydrogens is 344 g/mol. The summed E-state index contributed by atoms with van der Waals surface area (Å²) in [4.78, 5) is 14.9. The van der Waals surface area contributed by atoms with Crippen LogP contribution in [-0.4, -0.2) is 30.4 Å². The number of carbonyl (C=O) groups excluding carboxylic acids is 1. The fraction of sp³-hybridized carbons (Fsp3) is 0.409. The summed E-state index contributed by atoms with van der Waals surface area (Å²) >= 11 is 6.06.